The van der Waals surface area contributed by atoms with E-state index >= 15 is 0 Å². The molecule has 0 bridgehead atoms. The number of carbonyl (C=O) groups excluding carboxylic acids is 1. The van der Waals surface area contributed by atoms with Gasteiger partial charge in [-0.2, -0.15) is 0 Å². The fourth-order valence-corrected chi connectivity index (χ4v) is 2.64. The largest absolute Gasteiger partial charge is 0.481 e. The molecule has 2 N–H and O–H groups in total. The molecule has 0 aliphatic heterocycles. The van der Waals surface area contributed by atoms with Crippen LogP contribution in [-0.4, -0.2) is 23.0 Å². The van der Waals surface area contributed by atoms with Crippen molar-refractivity contribution >= 4 is 11.9 Å². The molecule has 0 aromatic heterocycles. The van der Waals surface area contributed by atoms with Crippen LogP contribution in [0.4, 0.5) is 0 Å². The van der Waals surface area contributed by atoms with Crippen LogP contribution in [0.15, 0.2) is 0 Å². The van der Waals surface area contributed by atoms with Gasteiger partial charge in [-0.15, -0.1) is 0 Å². The molecule has 0 unspecified atom stereocenters. The predicted molar refractivity (Wildman–Crippen MR) is 70.3 cm³/mol. The van der Waals surface area contributed by atoms with Gasteiger partial charge < -0.3 is 10.4 Å². The van der Waals surface area contributed by atoms with E-state index < -0.39 is 5.97 Å². The van der Waals surface area contributed by atoms with E-state index in [2.05, 4.69) is 12.2 Å². The molecule has 1 fully saturated rings. The van der Waals surface area contributed by atoms with E-state index in [-0.39, 0.29) is 18.4 Å². The lowest BCUT2D eigenvalue weighted by molar-refractivity contribution is -0.137. The standard InChI is InChI=1S/C14H25NO3/c1-11(12-7-3-2-4-8-12)15-13(16)9-5-6-10-14(17)18/h11-12H,2-10H2,1H3,(H,15,16)(H,17,18)/t11-/m1/s1. The Morgan fingerprint density at radius 1 is 1.17 bits per heavy atom. The van der Waals surface area contributed by atoms with Crippen LogP contribution in [0.1, 0.15) is 64.7 Å². The molecule has 1 aliphatic rings. The Labute approximate surface area is 109 Å². The highest BCUT2D eigenvalue weighted by atomic mass is 16.4. The zero-order chi connectivity index (χ0) is 13.4. The molecular formula is C14H25NO3. The van der Waals surface area contributed by atoms with Crippen LogP contribution in [0, 0.1) is 5.92 Å². The van der Waals surface area contributed by atoms with Gasteiger partial charge in [0.2, 0.25) is 5.91 Å². The molecule has 0 radical (unpaired) electrons. The van der Waals surface area contributed by atoms with Gasteiger partial charge in [-0.25, -0.2) is 0 Å². The fraction of sp³-hybridized carbons (Fsp3) is 0.857. The van der Waals surface area contributed by atoms with Crippen LogP contribution < -0.4 is 5.32 Å². The number of carbonyl (C=O) groups is 2. The number of amides is 1. The third kappa shape index (κ3) is 6.03. The molecule has 104 valence electrons. The molecule has 4 heteroatoms. The molecule has 1 rings (SSSR count). The molecule has 1 saturated carbocycles. The quantitative estimate of drug-likeness (QED) is 0.687. The summed E-state index contributed by atoms with van der Waals surface area (Å²) in [5.41, 5.74) is 0. The number of nitrogens with one attached hydrogen (secondary N) is 1. The lowest BCUT2D eigenvalue weighted by Gasteiger charge is -2.28. The Morgan fingerprint density at radius 2 is 1.78 bits per heavy atom. The molecule has 4 nitrogen and oxygen atoms in total. The SMILES string of the molecule is C[C@@H](NC(=O)CCCCC(=O)O)C1CCCCC1. The summed E-state index contributed by atoms with van der Waals surface area (Å²) in [4.78, 5) is 22.0. The van der Waals surface area contributed by atoms with Crippen molar-refractivity contribution in [2.45, 2.75) is 70.8 Å². The Morgan fingerprint density at radius 3 is 2.39 bits per heavy atom. The van der Waals surface area contributed by atoms with Gasteiger partial charge in [0, 0.05) is 18.9 Å². The first-order chi connectivity index (χ1) is 8.59. The molecule has 0 aromatic carbocycles. The Bertz CT molecular complexity index is 272. The predicted octanol–water partition coefficient (Wildman–Crippen LogP) is 2.72. The van der Waals surface area contributed by atoms with E-state index in [1.54, 1.807) is 0 Å². The summed E-state index contributed by atoms with van der Waals surface area (Å²) in [6.07, 6.45) is 8.19. The third-order valence-corrected chi connectivity index (χ3v) is 3.79. The zero-order valence-corrected chi connectivity index (χ0v) is 11.3. The van der Waals surface area contributed by atoms with Gasteiger partial charge in [0.25, 0.3) is 0 Å². The minimum atomic E-state index is -0.786. The van der Waals surface area contributed by atoms with Gasteiger partial charge in [0.05, 0.1) is 0 Å². The lowest BCUT2D eigenvalue weighted by atomic mass is 9.84. The number of carboxylic acid groups (broad SMARTS) is 1. The van der Waals surface area contributed by atoms with Crippen LogP contribution in [0.2, 0.25) is 0 Å². The molecular weight excluding hydrogens is 230 g/mol. The van der Waals surface area contributed by atoms with Crippen LogP contribution in [0.25, 0.3) is 0 Å². The molecule has 0 saturated heterocycles. The van der Waals surface area contributed by atoms with Crippen molar-refractivity contribution < 1.29 is 14.7 Å². The van der Waals surface area contributed by atoms with Crippen molar-refractivity contribution in [3.8, 4) is 0 Å². The van der Waals surface area contributed by atoms with Crippen LogP contribution >= 0.6 is 0 Å². The Hall–Kier alpha value is -1.06. The molecule has 0 spiro atoms. The summed E-state index contributed by atoms with van der Waals surface area (Å²) in [7, 11) is 0. The van der Waals surface area contributed by atoms with Gasteiger partial charge >= 0.3 is 5.97 Å². The minimum absolute atomic E-state index is 0.0680. The molecule has 1 aliphatic carbocycles. The highest BCUT2D eigenvalue weighted by Gasteiger charge is 2.21. The van der Waals surface area contributed by atoms with Gasteiger partial charge in [-0.3, -0.25) is 9.59 Å². The number of rotatable bonds is 7. The maximum atomic E-state index is 11.7. The molecule has 0 aromatic rings. The van der Waals surface area contributed by atoms with Crippen molar-refractivity contribution in [2.24, 2.45) is 5.92 Å². The highest BCUT2D eigenvalue weighted by Crippen LogP contribution is 2.26. The molecule has 0 heterocycles. The van der Waals surface area contributed by atoms with Crippen molar-refractivity contribution in [3.63, 3.8) is 0 Å². The maximum Gasteiger partial charge on any atom is 0.303 e. The third-order valence-electron chi connectivity index (χ3n) is 3.79. The maximum absolute atomic E-state index is 11.7. The first-order valence-electron chi connectivity index (χ1n) is 7.10. The van der Waals surface area contributed by atoms with Crippen LogP contribution in [0.3, 0.4) is 0 Å². The van der Waals surface area contributed by atoms with Crippen LogP contribution in [-0.2, 0) is 9.59 Å². The smallest absolute Gasteiger partial charge is 0.303 e. The number of carboxylic acids is 1. The summed E-state index contributed by atoms with van der Waals surface area (Å²) in [6.45, 7) is 2.09. The van der Waals surface area contributed by atoms with E-state index in [1.165, 1.54) is 32.1 Å². The normalized spacial score (nSPS) is 18.3. The van der Waals surface area contributed by atoms with Crippen LogP contribution in [0.5, 0.6) is 0 Å². The van der Waals surface area contributed by atoms with E-state index in [0.29, 0.717) is 25.2 Å². The van der Waals surface area contributed by atoms with E-state index in [0.717, 1.165) is 0 Å². The average molecular weight is 255 g/mol. The minimum Gasteiger partial charge on any atom is -0.481 e. The van der Waals surface area contributed by atoms with Crippen molar-refractivity contribution in [3.05, 3.63) is 0 Å². The zero-order valence-electron chi connectivity index (χ0n) is 11.3. The summed E-state index contributed by atoms with van der Waals surface area (Å²) in [6, 6.07) is 0.261. The van der Waals surface area contributed by atoms with Gasteiger partial charge in [-0.05, 0) is 38.5 Å². The highest BCUT2D eigenvalue weighted by molar-refractivity contribution is 5.76. The summed E-state index contributed by atoms with van der Waals surface area (Å²) < 4.78 is 0. The van der Waals surface area contributed by atoms with Gasteiger partial charge in [0.15, 0.2) is 0 Å². The number of unbranched alkanes of at least 4 members (excludes halogenated alkanes) is 1. The van der Waals surface area contributed by atoms with Gasteiger partial charge in [0.1, 0.15) is 0 Å². The van der Waals surface area contributed by atoms with E-state index in [9.17, 15) is 9.59 Å². The Balaban J connectivity index is 2.12. The second-order valence-electron chi connectivity index (χ2n) is 5.36. The van der Waals surface area contributed by atoms with Crippen molar-refractivity contribution in [1.29, 1.82) is 0 Å². The van der Waals surface area contributed by atoms with Crippen molar-refractivity contribution in [2.75, 3.05) is 0 Å². The molecule has 1 amide bonds. The fourth-order valence-electron chi connectivity index (χ4n) is 2.64. The summed E-state index contributed by atoms with van der Waals surface area (Å²) >= 11 is 0. The molecule has 1 atom stereocenters. The number of hydrogen-bond donors (Lipinski definition) is 2. The second kappa shape index (κ2) is 8.11. The van der Waals surface area contributed by atoms with Crippen molar-refractivity contribution in [1.82, 2.24) is 5.32 Å². The average Bonchev–Trinajstić information content (AvgIpc) is 2.35. The van der Waals surface area contributed by atoms with Gasteiger partial charge in [-0.1, -0.05) is 19.3 Å². The number of aliphatic carboxylic acids is 1. The first kappa shape index (κ1) is 15.0. The summed E-state index contributed by atoms with van der Waals surface area (Å²) in [5, 5.41) is 11.5. The summed E-state index contributed by atoms with van der Waals surface area (Å²) in [5.74, 6) is -0.0915. The lowest BCUT2D eigenvalue weighted by Crippen LogP contribution is -2.38. The molecule has 18 heavy (non-hydrogen) atoms. The topological polar surface area (TPSA) is 66.4 Å². The van der Waals surface area contributed by atoms with E-state index in [4.69, 9.17) is 5.11 Å². The monoisotopic (exact) mass is 255 g/mol. The second-order valence-corrected chi connectivity index (χ2v) is 5.36. The Kier molecular flexibility index (Phi) is 6.76. The number of hydrogen-bond acceptors (Lipinski definition) is 2. The first-order valence-corrected chi connectivity index (χ1v) is 7.10. The van der Waals surface area contributed by atoms with E-state index in [1.807, 2.05) is 0 Å².